The molecule has 1 amide bonds. The van der Waals surface area contributed by atoms with Crippen LogP contribution in [0.25, 0.3) is 0 Å². The lowest BCUT2D eigenvalue weighted by atomic mass is 10.1. The molecule has 2 aromatic rings. The Labute approximate surface area is 128 Å². The van der Waals surface area contributed by atoms with Crippen LogP contribution in [0.2, 0.25) is 4.34 Å². The molecule has 0 fully saturated rings. The molecule has 2 unspecified atom stereocenters. The Balaban J connectivity index is 2.12. The number of thiophene rings is 1. The van der Waals surface area contributed by atoms with Gasteiger partial charge in [-0.15, -0.1) is 11.3 Å². The van der Waals surface area contributed by atoms with Crippen LogP contribution in [-0.2, 0) is 11.8 Å². The van der Waals surface area contributed by atoms with Crippen molar-refractivity contribution in [3.8, 4) is 0 Å². The average Bonchev–Trinajstić information content (AvgIpc) is 3.04. The summed E-state index contributed by atoms with van der Waals surface area (Å²) >= 11 is 7.39. The maximum Gasteiger partial charge on any atom is 0.230 e. The summed E-state index contributed by atoms with van der Waals surface area (Å²) in [7, 11) is 3.69. The van der Waals surface area contributed by atoms with Crippen molar-refractivity contribution in [3.05, 3.63) is 39.3 Å². The molecule has 2 rings (SSSR count). The molecule has 4 nitrogen and oxygen atoms in total. The smallest absolute Gasteiger partial charge is 0.230 e. The molecule has 0 aliphatic rings. The molecule has 108 valence electrons. The van der Waals surface area contributed by atoms with Crippen molar-refractivity contribution in [2.45, 2.75) is 25.8 Å². The summed E-state index contributed by atoms with van der Waals surface area (Å²) in [6.45, 7) is 3.92. The van der Waals surface area contributed by atoms with E-state index in [0.29, 0.717) is 4.34 Å². The van der Waals surface area contributed by atoms with Crippen molar-refractivity contribution in [3.63, 3.8) is 0 Å². The number of likely N-dealkylation sites (N-methyl/N-ethyl adjacent to an activating group) is 1. The Morgan fingerprint density at radius 3 is 2.65 bits per heavy atom. The molecule has 0 aliphatic heterocycles. The molecule has 0 aliphatic carbocycles. The second kappa shape index (κ2) is 5.97. The monoisotopic (exact) mass is 311 g/mol. The molecule has 0 saturated heterocycles. The predicted octanol–water partition coefficient (Wildman–Crippen LogP) is 3.46. The molecule has 6 heteroatoms. The molecular weight excluding hydrogens is 294 g/mol. The van der Waals surface area contributed by atoms with Gasteiger partial charge in [0.25, 0.3) is 0 Å². The van der Waals surface area contributed by atoms with E-state index in [1.54, 1.807) is 15.8 Å². The number of amides is 1. The number of aromatic nitrogens is 2. The molecule has 2 heterocycles. The molecule has 0 spiro atoms. The lowest BCUT2D eigenvalue weighted by molar-refractivity contribution is -0.133. The quantitative estimate of drug-likeness (QED) is 0.867. The number of nitrogens with zero attached hydrogens (tertiary/aromatic N) is 3. The normalized spacial score (nSPS) is 14.1. The third-order valence-electron chi connectivity index (χ3n) is 3.53. The minimum atomic E-state index is -0.184. The summed E-state index contributed by atoms with van der Waals surface area (Å²) in [4.78, 5) is 15.3. The van der Waals surface area contributed by atoms with E-state index in [4.69, 9.17) is 11.6 Å². The van der Waals surface area contributed by atoms with Gasteiger partial charge in [-0.2, -0.15) is 5.10 Å². The number of hydrogen-bond donors (Lipinski definition) is 0. The van der Waals surface area contributed by atoms with E-state index in [2.05, 4.69) is 5.10 Å². The van der Waals surface area contributed by atoms with Crippen molar-refractivity contribution < 1.29 is 4.79 Å². The summed E-state index contributed by atoms with van der Waals surface area (Å²) in [5.41, 5.74) is 1.03. The summed E-state index contributed by atoms with van der Waals surface area (Å²) in [5.74, 6) is -0.100. The van der Waals surface area contributed by atoms with Crippen LogP contribution in [0.15, 0.2) is 24.5 Å². The highest BCUT2D eigenvalue weighted by Crippen LogP contribution is 2.30. The van der Waals surface area contributed by atoms with E-state index >= 15 is 0 Å². The summed E-state index contributed by atoms with van der Waals surface area (Å²) < 4.78 is 2.45. The van der Waals surface area contributed by atoms with E-state index < -0.39 is 0 Å². The predicted molar refractivity (Wildman–Crippen MR) is 82.1 cm³/mol. The van der Waals surface area contributed by atoms with E-state index in [0.717, 1.165) is 10.4 Å². The van der Waals surface area contributed by atoms with Crippen LogP contribution >= 0.6 is 22.9 Å². The Morgan fingerprint density at radius 1 is 1.45 bits per heavy atom. The van der Waals surface area contributed by atoms with E-state index in [1.165, 1.54) is 11.3 Å². The third-order valence-corrected chi connectivity index (χ3v) is 4.94. The second-order valence-electron chi connectivity index (χ2n) is 4.94. The summed E-state index contributed by atoms with van der Waals surface area (Å²) in [6, 6.07) is 3.74. The first kappa shape index (κ1) is 15.1. The first-order valence-electron chi connectivity index (χ1n) is 6.40. The van der Waals surface area contributed by atoms with Crippen molar-refractivity contribution in [1.29, 1.82) is 0 Å². The van der Waals surface area contributed by atoms with Crippen LogP contribution in [0.1, 0.15) is 36.2 Å². The first-order valence-corrected chi connectivity index (χ1v) is 7.60. The molecular formula is C14H18ClN3OS. The standard InChI is InChI=1S/C14H18ClN3OS/c1-9(12-5-6-13(15)20-12)14(19)18(4)10(2)11-7-16-17(3)8-11/h5-10H,1-4H3. The fourth-order valence-corrected chi connectivity index (χ4v) is 3.16. The third kappa shape index (κ3) is 3.04. The Hall–Kier alpha value is -1.33. The molecule has 20 heavy (non-hydrogen) atoms. The summed E-state index contributed by atoms with van der Waals surface area (Å²) in [6.07, 6.45) is 3.72. The minimum Gasteiger partial charge on any atom is -0.338 e. The van der Waals surface area contributed by atoms with Crippen LogP contribution in [0.4, 0.5) is 0 Å². The van der Waals surface area contributed by atoms with Gasteiger partial charge in [0.05, 0.1) is 22.5 Å². The molecule has 0 bridgehead atoms. The SMILES string of the molecule is CC(C(=O)N(C)C(C)c1cnn(C)c1)c1ccc(Cl)s1. The highest BCUT2D eigenvalue weighted by Gasteiger charge is 2.25. The second-order valence-corrected chi connectivity index (χ2v) is 6.68. The molecule has 0 N–H and O–H groups in total. The molecule has 0 saturated carbocycles. The maximum atomic E-state index is 12.5. The lowest BCUT2D eigenvalue weighted by Crippen LogP contribution is -2.32. The van der Waals surface area contributed by atoms with Gasteiger partial charge in [-0.05, 0) is 26.0 Å². The van der Waals surface area contributed by atoms with Crippen molar-refractivity contribution in [2.24, 2.45) is 7.05 Å². The number of aryl methyl sites for hydroxylation is 1. The number of rotatable bonds is 4. The largest absolute Gasteiger partial charge is 0.338 e. The minimum absolute atomic E-state index is 0.00548. The van der Waals surface area contributed by atoms with Crippen LogP contribution in [0, 0.1) is 0 Å². The first-order chi connectivity index (χ1) is 9.40. The fraction of sp³-hybridized carbons (Fsp3) is 0.429. The van der Waals surface area contributed by atoms with Gasteiger partial charge in [0.1, 0.15) is 0 Å². The van der Waals surface area contributed by atoms with Crippen LogP contribution in [0.5, 0.6) is 0 Å². The lowest BCUT2D eigenvalue weighted by Gasteiger charge is -2.26. The average molecular weight is 312 g/mol. The van der Waals surface area contributed by atoms with E-state index in [1.807, 2.05) is 46.3 Å². The molecule has 0 radical (unpaired) electrons. The van der Waals surface area contributed by atoms with Gasteiger partial charge < -0.3 is 4.90 Å². The zero-order valence-corrected chi connectivity index (χ0v) is 13.6. The number of hydrogen-bond acceptors (Lipinski definition) is 3. The molecule has 0 aromatic carbocycles. The number of halogens is 1. The van der Waals surface area contributed by atoms with Gasteiger partial charge in [0, 0.05) is 30.7 Å². The van der Waals surface area contributed by atoms with Crippen molar-refractivity contribution >= 4 is 28.8 Å². The zero-order valence-electron chi connectivity index (χ0n) is 12.0. The van der Waals surface area contributed by atoms with Gasteiger partial charge in [-0.3, -0.25) is 9.48 Å². The molecule has 2 atom stereocenters. The van der Waals surface area contributed by atoms with Gasteiger partial charge >= 0.3 is 0 Å². The zero-order chi connectivity index (χ0) is 14.9. The van der Waals surface area contributed by atoms with Crippen LogP contribution in [0.3, 0.4) is 0 Å². The Kier molecular flexibility index (Phi) is 4.50. The number of carbonyl (C=O) groups is 1. The Bertz CT molecular complexity index is 607. The summed E-state index contributed by atoms with van der Waals surface area (Å²) in [5, 5.41) is 4.15. The van der Waals surface area contributed by atoms with Crippen molar-refractivity contribution in [2.75, 3.05) is 7.05 Å². The van der Waals surface area contributed by atoms with E-state index in [9.17, 15) is 4.79 Å². The Morgan fingerprint density at radius 2 is 2.15 bits per heavy atom. The topological polar surface area (TPSA) is 38.1 Å². The van der Waals surface area contributed by atoms with Crippen LogP contribution < -0.4 is 0 Å². The highest BCUT2D eigenvalue weighted by atomic mass is 35.5. The highest BCUT2D eigenvalue weighted by molar-refractivity contribution is 7.16. The fourth-order valence-electron chi connectivity index (χ4n) is 2.06. The van der Waals surface area contributed by atoms with E-state index in [-0.39, 0.29) is 17.9 Å². The maximum absolute atomic E-state index is 12.5. The molecule has 2 aromatic heterocycles. The van der Waals surface area contributed by atoms with Gasteiger partial charge in [-0.25, -0.2) is 0 Å². The number of carbonyl (C=O) groups excluding carboxylic acids is 1. The van der Waals surface area contributed by atoms with Crippen molar-refractivity contribution in [1.82, 2.24) is 14.7 Å². The van der Waals surface area contributed by atoms with Crippen LogP contribution in [-0.4, -0.2) is 27.6 Å². The van der Waals surface area contributed by atoms with Gasteiger partial charge in [0.2, 0.25) is 5.91 Å². The van der Waals surface area contributed by atoms with Gasteiger partial charge in [0.15, 0.2) is 0 Å². The van der Waals surface area contributed by atoms with Gasteiger partial charge in [-0.1, -0.05) is 11.6 Å².